The van der Waals surface area contributed by atoms with E-state index in [1.165, 1.54) is 10.9 Å². The molecule has 154 valence electrons. The summed E-state index contributed by atoms with van der Waals surface area (Å²) in [5.41, 5.74) is 4.33. The number of amides is 2. The number of thioether (sulfide) groups is 1. The van der Waals surface area contributed by atoms with Gasteiger partial charge in [-0.3, -0.25) is 9.59 Å². The minimum atomic E-state index is -0.107. The molecule has 0 aliphatic carbocycles. The van der Waals surface area contributed by atoms with Gasteiger partial charge in [-0.25, -0.2) is 0 Å². The van der Waals surface area contributed by atoms with E-state index in [0.717, 1.165) is 16.8 Å². The first-order valence-corrected chi connectivity index (χ1v) is 11.6. The van der Waals surface area contributed by atoms with Crippen LogP contribution in [0.4, 0.5) is 0 Å². The van der Waals surface area contributed by atoms with E-state index >= 15 is 0 Å². The number of nitrogens with zero attached hydrogens (tertiary/aromatic N) is 2. The number of carbonyl (C=O) groups is 2. The third-order valence-electron chi connectivity index (χ3n) is 6.14. The van der Waals surface area contributed by atoms with Gasteiger partial charge in [0.2, 0.25) is 11.8 Å². The standard InChI is InChI=1S/C23H22ClN3O2S/c1-14-23-22(16-7-3-5-9-19(16)25-23)17(15-6-2-4-8-18(15)24)10-27(14)20(28)11-26-13-30-12-21(26)29/h2-9,14,17,25H,10-13H2,1H3. The molecule has 0 spiro atoms. The van der Waals surface area contributed by atoms with Gasteiger partial charge in [-0.15, -0.1) is 11.8 Å². The van der Waals surface area contributed by atoms with Crippen molar-refractivity contribution in [2.24, 2.45) is 0 Å². The van der Waals surface area contributed by atoms with Crippen LogP contribution in [0.1, 0.15) is 35.7 Å². The van der Waals surface area contributed by atoms with Gasteiger partial charge >= 0.3 is 0 Å². The van der Waals surface area contributed by atoms with E-state index in [-0.39, 0.29) is 30.3 Å². The van der Waals surface area contributed by atoms with Gasteiger partial charge in [-0.1, -0.05) is 48.0 Å². The number of H-pyrrole nitrogens is 1. The van der Waals surface area contributed by atoms with Gasteiger partial charge in [0, 0.05) is 34.1 Å². The van der Waals surface area contributed by atoms with Crippen LogP contribution in [-0.4, -0.2) is 51.3 Å². The molecule has 7 heteroatoms. The molecule has 0 saturated carbocycles. The van der Waals surface area contributed by atoms with E-state index in [0.29, 0.717) is 23.2 Å². The molecular weight excluding hydrogens is 418 g/mol. The molecule has 2 aliphatic rings. The minimum absolute atomic E-state index is 0.0280. The zero-order valence-electron chi connectivity index (χ0n) is 16.6. The first-order valence-electron chi connectivity index (χ1n) is 10.0. The number of nitrogens with one attached hydrogen (secondary N) is 1. The second-order valence-corrected chi connectivity index (χ2v) is 9.23. The minimum Gasteiger partial charge on any atom is -0.356 e. The molecule has 1 saturated heterocycles. The number of benzene rings is 2. The number of hydrogen-bond acceptors (Lipinski definition) is 3. The van der Waals surface area contributed by atoms with Crippen molar-refractivity contribution in [2.75, 3.05) is 24.7 Å². The molecule has 2 atom stereocenters. The molecule has 3 aromatic rings. The first-order chi connectivity index (χ1) is 14.5. The molecule has 3 heterocycles. The Morgan fingerprint density at radius 1 is 1.20 bits per heavy atom. The predicted octanol–water partition coefficient (Wildman–Crippen LogP) is 4.39. The van der Waals surface area contributed by atoms with Crippen LogP contribution in [0.25, 0.3) is 10.9 Å². The molecule has 2 amide bonds. The lowest BCUT2D eigenvalue weighted by Crippen LogP contribution is -2.46. The molecule has 5 rings (SSSR count). The van der Waals surface area contributed by atoms with Crippen LogP contribution in [0.5, 0.6) is 0 Å². The summed E-state index contributed by atoms with van der Waals surface area (Å²) in [6.07, 6.45) is 0. The fraction of sp³-hybridized carbons (Fsp3) is 0.304. The zero-order chi connectivity index (χ0) is 20.8. The lowest BCUT2D eigenvalue weighted by Gasteiger charge is -2.39. The summed E-state index contributed by atoms with van der Waals surface area (Å²) < 4.78 is 0. The van der Waals surface area contributed by atoms with Gasteiger partial charge in [-0.2, -0.15) is 0 Å². The summed E-state index contributed by atoms with van der Waals surface area (Å²) >= 11 is 8.15. The molecule has 0 bridgehead atoms. The van der Waals surface area contributed by atoms with Crippen molar-refractivity contribution in [3.05, 3.63) is 70.4 Å². The summed E-state index contributed by atoms with van der Waals surface area (Å²) in [7, 11) is 0. The molecule has 1 aromatic heterocycles. The molecule has 2 aromatic carbocycles. The summed E-state index contributed by atoms with van der Waals surface area (Å²) in [5, 5.41) is 1.87. The zero-order valence-corrected chi connectivity index (χ0v) is 18.2. The maximum Gasteiger partial charge on any atom is 0.242 e. The second kappa shape index (κ2) is 7.67. The monoisotopic (exact) mass is 439 g/mol. The predicted molar refractivity (Wildman–Crippen MR) is 121 cm³/mol. The lowest BCUT2D eigenvalue weighted by molar-refractivity contribution is -0.140. The number of aromatic nitrogens is 1. The highest BCUT2D eigenvalue weighted by Gasteiger charge is 2.38. The molecule has 2 unspecified atom stereocenters. The van der Waals surface area contributed by atoms with E-state index in [9.17, 15) is 9.59 Å². The number of hydrogen-bond donors (Lipinski definition) is 1. The van der Waals surface area contributed by atoms with Gasteiger partial charge in [0.05, 0.1) is 17.7 Å². The maximum atomic E-state index is 13.3. The maximum absolute atomic E-state index is 13.3. The average Bonchev–Trinajstić information content (AvgIpc) is 3.33. The van der Waals surface area contributed by atoms with Crippen LogP contribution < -0.4 is 0 Å². The molecular formula is C23H22ClN3O2S. The number of fused-ring (bicyclic) bond motifs is 3. The number of aromatic amines is 1. The number of carbonyl (C=O) groups excluding carboxylic acids is 2. The Morgan fingerprint density at radius 2 is 1.97 bits per heavy atom. The SMILES string of the molecule is CC1c2[nH]c3ccccc3c2C(c2ccccc2Cl)CN1C(=O)CN1CSCC1=O. The van der Waals surface area contributed by atoms with E-state index in [1.807, 2.05) is 41.3 Å². The molecule has 0 radical (unpaired) electrons. The van der Waals surface area contributed by atoms with E-state index < -0.39 is 0 Å². The second-order valence-electron chi connectivity index (χ2n) is 7.86. The van der Waals surface area contributed by atoms with Crippen molar-refractivity contribution < 1.29 is 9.59 Å². The van der Waals surface area contributed by atoms with Crippen molar-refractivity contribution in [3.63, 3.8) is 0 Å². The Kier molecular flexibility index (Phi) is 4.99. The molecule has 1 N–H and O–H groups in total. The molecule has 2 aliphatic heterocycles. The van der Waals surface area contributed by atoms with E-state index in [4.69, 9.17) is 11.6 Å². The first kappa shape index (κ1) is 19.5. The normalized spacial score (nSPS) is 21.3. The van der Waals surface area contributed by atoms with Crippen LogP contribution in [0.2, 0.25) is 5.02 Å². The van der Waals surface area contributed by atoms with Crippen molar-refractivity contribution in [1.82, 2.24) is 14.8 Å². The van der Waals surface area contributed by atoms with Crippen LogP contribution in [-0.2, 0) is 9.59 Å². The Balaban J connectivity index is 1.58. The van der Waals surface area contributed by atoms with Gasteiger partial charge < -0.3 is 14.8 Å². The van der Waals surface area contributed by atoms with Crippen LogP contribution >= 0.6 is 23.4 Å². The van der Waals surface area contributed by atoms with Gasteiger partial charge in [0.25, 0.3) is 0 Å². The lowest BCUT2D eigenvalue weighted by atomic mass is 9.83. The fourth-order valence-corrected chi connectivity index (χ4v) is 5.79. The van der Waals surface area contributed by atoms with Crippen LogP contribution in [0, 0.1) is 0 Å². The average molecular weight is 440 g/mol. The van der Waals surface area contributed by atoms with E-state index in [2.05, 4.69) is 24.0 Å². The Hall–Kier alpha value is -2.44. The molecule has 5 nitrogen and oxygen atoms in total. The van der Waals surface area contributed by atoms with Gasteiger partial charge in [-0.05, 0) is 30.2 Å². The summed E-state index contributed by atoms with van der Waals surface area (Å²) in [6.45, 7) is 2.71. The highest BCUT2D eigenvalue weighted by Crippen LogP contribution is 2.44. The van der Waals surface area contributed by atoms with Gasteiger partial charge in [0.15, 0.2) is 0 Å². The largest absolute Gasteiger partial charge is 0.356 e. The molecule has 30 heavy (non-hydrogen) atoms. The summed E-state index contributed by atoms with van der Waals surface area (Å²) in [6, 6.07) is 16.0. The topological polar surface area (TPSA) is 56.4 Å². The third-order valence-corrected chi connectivity index (χ3v) is 7.43. The smallest absolute Gasteiger partial charge is 0.242 e. The van der Waals surface area contributed by atoms with Gasteiger partial charge in [0.1, 0.15) is 6.54 Å². The Morgan fingerprint density at radius 3 is 2.73 bits per heavy atom. The van der Waals surface area contributed by atoms with Crippen molar-refractivity contribution >= 4 is 46.1 Å². The number of rotatable bonds is 3. The van der Waals surface area contributed by atoms with Crippen LogP contribution in [0.3, 0.4) is 0 Å². The quantitative estimate of drug-likeness (QED) is 0.658. The Bertz CT molecular complexity index is 1140. The van der Waals surface area contributed by atoms with E-state index in [1.54, 1.807) is 16.7 Å². The van der Waals surface area contributed by atoms with Crippen molar-refractivity contribution in [1.29, 1.82) is 0 Å². The highest BCUT2D eigenvalue weighted by molar-refractivity contribution is 8.00. The summed E-state index contributed by atoms with van der Waals surface area (Å²) in [4.78, 5) is 32.4. The van der Waals surface area contributed by atoms with Crippen LogP contribution in [0.15, 0.2) is 48.5 Å². The summed E-state index contributed by atoms with van der Waals surface area (Å²) in [5.74, 6) is 1.01. The highest BCUT2D eigenvalue weighted by atomic mass is 35.5. The molecule has 1 fully saturated rings. The Labute approximate surface area is 184 Å². The van der Waals surface area contributed by atoms with Crippen molar-refractivity contribution in [2.45, 2.75) is 18.9 Å². The number of para-hydroxylation sites is 1. The van der Waals surface area contributed by atoms with Crippen molar-refractivity contribution in [3.8, 4) is 0 Å². The fourth-order valence-electron chi connectivity index (χ4n) is 4.62. The number of halogens is 1. The third kappa shape index (κ3) is 3.19.